The lowest BCUT2D eigenvalue weighted by atomic mass is 9.77. The summed E-state index contributed by atoms with van der Waals surface area (Å²) < 4.78 is 42.4. The van der Waals surface area contributed by atoms with E-state index < -0.39 is 47.1 Å². The zero-order valence-corrected chi connectivity index (χ0v) is 16.2. The Hall–Kier alpha value is -2.99. The van der Waals surface area contributed by atoms with E-state index >= 15 is 0 Å². The topological polar surface area (TPSA) is 113 Å². The van der Waals surface area contributed by atoms with Crippen LogP contribution < -0.4 is 5.32 Å². The Morgan fingerprint density at radius 1 is 1.33 bits per heavy atom. The third-order valence-electron chi connectivity index (χ3n) is 4.95. The van der Waals surface area contributed by atoms with Crippen LogP contribution in [0.5, 0.6) is 0 Å². The van der Waals surface area contributed by atoms with Crippen LogP contribution in [0.4, 0.5) is 23.7 Å². The molecule has 1 fully saturated rings. The first-order chi connectivity index (χ1) is 14.0. The highest BCUT2D eigenvalue weighted by molar-refractivity contribution is 7.12. The summed E-state index contributed by atoms with van der Waals surface area (Å²) in [6, 6.07) is 4.42. The first-order valence-corrected chi connectivity index (χ1v) is 9.59. The molecule has 0 aliphatic carbocycles. The van der Waals surface area contributed by atoms with Crippen LogP contribution in [0.25, 0.3) is 0 Å². The van der Waals surface area contributed by atoms with Crippen LogP contribution in [0.2, 0.25) is 0 Å². The molecule has 160 valence electrons. The second kappa shape index (κ2) is 7.69. The predicted molar refractivity (Wildman–Crippen MR) is 99.9 cm³/mol. The number of thiophene rings is 1. The molecule has 0 saturated carbocycles. The largest absolute Gasteiger partial charge is 0.437 e. The summed E-state index contributed by atoms with van der Waals surface area (Å²) in [7, 11) is 0. The second-order valence-corrected chi connectivity index (χ2v) is 7.51. The smallest absolute Gasteiger partial charge is 0.363 e. The minimum Gasteiger partial charge on any atom is -0.363 e. The number of halogens is 3. The number of amides is 2. The van der Waals surface area contributed by atoms with Gasteiger partial charge in [0, 0.05) is 18.7 Å². The van der Waals surface area contributed by atoms with Gasteiger partial charge in [0.2, 0.25) is 0 Å². The van der Waals surface area contributed by atoms with E-state index in [1.54, 1.807) is 0 Å². The fourth-order valence-electron chi connectivity index (χ4n) is 3.55. The third kappa shape index (κ3) is 3.41. The van der Waals surface area contributed by atoms with Crippen LogP contribution in [0.3, 0.4) is 0 Å². The predicted octanol–water partition coefficient (Wildman–Crippen LogP) is 3.49. The molecular formula is C18H16F3N3O5S. The zero-order chi connectivity index (χ0) is 22.3. The van der Waals surface area contributed by atoms with Gasteiger partial charge in [-0.1, -0.05) is 18.2 Å². The fourth-order valence-corrected chi connectivity index (χ4v) is 4.25. The van der Waals surface area contributed by atoms with E-state index in [0.717, 1.165) is 35.6 Å². The van der Waals surface area contributed by atoms with Crippen molar-refractivity contribution < 1.29 is 32.8 Å². The number of carbonyl (C=O) groups excluding carboxylic acids is 2. The van der Waals surface area contributed by atoms with Crippen LogP contribution in [0.1, 0.15) is 28.2 Å². The number of nitro groups is 1. The van der Waals surface area contributed by atoms with Crippen molar-refractivity contribution in [2.45, 2.75) is 24.9 Å². The number of benzene rings is 1. The van der Waals surface area contributed by atoms with E-state index in [1.165, 1.54) is 24.4 Å². The van der Waals surface area contributed by atoms with E-state index in [2.05, 4.69) is 5.32 Å². The molecule has 8 nitrogen and oxygen atoms in total. The van der Waals surface area contributed by atoms with Crippen molar-refractivity contribution in [3.63, 3.8) is 0 Å². The zero-order valence-electron chi connectivity index (χ0n) is 15.4. The summed E-state index contributed by atoms with van der Waals surface area (Å²) in [6.07, 6.45) is -5.35. The minimum atomic E-state index is -5.35. The maximum atomic E-state index is 14.1. The van der Waals surface area contributed by atoms with E-state index in [4.69, 9.17) is 0 Å². The molecule has 2 amide bonds. The summed E-state index contributed by atoms with van der Waals surface area (Å²) in [6.45, 7) is 0.734. The van der Waals surface area contributed by atoms with Crippen molar-refractivity contribution in [1.82, 2.24) is 10.2 Å². The van der Waals surface area contributed by atoms with Gasteiger partial charge < -0.3 is 10.4 Å². The molecule has 0 bridgehead atoms. The lowest BCUT2D eigenvalue weighted by Crippen LogP contribution is -2.73. The number of Topliss-reactive ketones (excluding diaryl/α,β-unsaturated/α-hetero) is 1. The molecule has 1 aromatic carbocycles. The van der Waals surface area contributed by atoms with Gasteiger partial charge in [-0.25, -0.2) is 4.79 Å². The Balaban J connectivity index is 2.20. The van der Waals surface area contributed by atoms with Gasteiger partial charge in [-0.05, 0) is 23.9 Å². The first-order valence-electron chi connectivity index (χ1n) is 8.71. The normalized spacial score (nSPS) is 24.4. The standard InChI is InChI=1S/C18H16F3N3O5S/c1-2-23-16(26)22-14(10-5-7-11(8-6-10)24(28)29)13(17(23,27)18(19,20)21)15(25)12-4-3-9-30-12/h3-9,13-14,27H,2H2,1H3,(H,22,26)/t13-,14-,17-/m1/s1. The van der Waals surface area contributed by atoms with Crippen LogP contribution in [0, 0.1) is 16.0 Å². The average molecular weight is 443 g/mol. The fraction of sp³-hybridized carbons (Fsp3) is 0.333. The van der Waals surface area contributed by atoms with Crippen molar-refractivity contribution in [2.75, 3.05) is 6.54 Å². The van der Waals surface area contributed by atoms with E-state index in [9.17, 15) is 38.0 Å². The Morgan fingerprint density at radius 3 is 2.43 bits per heavy atom. The minimum absolute atomic E-state index is 0.0160. The highest BCUT2D eigenvalue weighted by Crippen LogP contribution is 2.48. The number of aliphatic hydroxyl groups is 1. The van der Waals surface area contributed by atoms with Crippen LogP contribution in [-0.2, 0) is 0 Å². The molecule has 1 saturated heterocycles. The average Bonchev–Trinajstić information content (AvgIpc) is 3.21. The Morgan fingerprint density at radius 2 is 1.97 bits per heavy atom. The molecule has 2 N–H and O–H groups in total. The molecule has 0 radical (unpaired) electrons. The van der Waals surface area contributed by atoms with E-state index in [0.29, 0.717) is 0 Å². The van der Waals surface area contributed by atoms with Gasteiger partial charge in [-0.15, -0.1) is 11.3 Å². The van der Waals surface area contributed by atoms with Gasteiger partial charge in [0.15, 0.2) is 5.78 Å². The maximum absolute atomic E-state index is 14.1. The summed E-state index contributed by atoms with van der Waals surface area (Å²) in [5, 5.41) is 25.6. The number of hydrogen-bond acceptors (Lipinski definition) is 6. The van der Waals surface area contributed by atoms with Gasteiger partial charge in [-0.2, -0.15) is 13.2 Å². The molecule has 3 atom stereocenters. The number of ketones is 1. The molecule has 2 heterocycles. The number of non-ortho nitro benzene ring substituents is 1. The van der Waals surface area contributed by atoms with Crippen molar-refractivity contribution in [2.24, 2.45) is 5.92 Å². The van der Waals surface area contributed by atoms with E-state index in [1.807, 2.05) is 0 Å². The van der Waals surface area contributed by atoms with Crippen molar-refractivity contribution >= 4 is 28.8 Å². The van der Waals surface area contributed by atoms with Crippen molar-refractivity contribution in [3.8, 4) is 0 Å². The number of hydrogen-bond donors (Lipinski definition) is 2. The third-order valence-corrected chi connectivity index (χ3v) is 5.83. The van der Waals surface area contributed by atoms with Gasteiger partial charge >= 0.3 is 12.2 Å². The Labute approximate surface area is 172 Å². The van der Waals surface area contributed by atoms with Crippen LogP contribution in [0.15, 0.2) is 41.8 Å². The van der Waals surface area contributed by atoms with Gasteiger partial charge in [-0.3, -0.25) is 19.8 Å². The number of urea groups is 1. The highest BCUT2D eigenvalue weighted by Gasteiger charge is 2.69. The van der Waals surface area contributed by atoms with Gasteiger partial charge in [0.1, 0.15) is 5.92 Å². The second-order valence-electron chi connectivity index (χ2n) is 6.56. The molecule has 3 rings (SSSR count). The molecule has 0 spiro atoms. The number of alkyl halides is 3. The van der Waals surface area contributed by atoms with Crippen molar-refractivity contribution in [1.29, 1.82) is 0 Å². The number of carbonyl (C=O) groups is 2. The molecule has 0 unspecified atom stereocenters. The first kappa shape index (κ1) is 21.7. The molecule has 1 aromatic heterocycles. The number of nitrogens with one attached hydrogen (secondary N) is 1. The Kier molecular flexibility index (Phi) is 5.56. The molecular weight excluding hydrogens is 427 g/mol. The molecule has 2 aromatic rings. The summed E-state index contributed by atoms with van der Waals surface area (Å²) in [5.74, 6) is -3.15. The number of nitro benzene ring substituents is 1. The molecule has 1 aliphatic rings. The SMILES string of the molecule is CCN1C(=O)N[C@H](c2ccc([N+](=O)[O-])cc2)[C@H](C(=O)c2cccs2)[C@@]1(O)C(F)(F)F. The summed E-state index contributed by atoms with van der Waals surface area (Å²) >= 11 is 0.901. The highest BCUT2D eigenvalue weighted by atomic mass is 32.1. The number of nitrogens with zero attached hydrogens (tertiary/aromatic N) is 2. The van der Waals surface area contributed by atoms with Crippen molar-refractivity contribution in [3.05, 3.63) is 62.3 Å². The summed E-state index contributed by atoms with van der Waals surface area (Å²) in [4.78, 5) is 35.9. The van der Waals surface area contributed by atoms with Crippen LogP contribution >= 0.6 is 11.3 Å². The van der Waals surface area contributed by atoms with E-state index in [-0.39, 0.29) is 21.0 Å². The maximum Gasteiger partial charge on any atom is 0.437 e. The summed E-state index contributed by atoms with van der Waals surface area (Å²) in [5.41, 5.74) is -4.08. The lowest BCUT2D eigenvalue weighted by molar-refractivity contribution is -0.384. The monoisotopic (exact) mass is 443 g/mol. The molecule has 30 heavy (non-hydrogen) atoms. The van der Waals surface area contributed by atoms with Crippen LogP contribution in [-0.4, -0.2) is 45.2 Å². The number of rotatable bonds is 5. The Bertz CT molecular complexity index is 964. The molecule has 12 heteroatoms. The van der Waals surface area contributed by atoms with Gasteiger partial charge in [0.05, 0.1) is 15.8 Å². The molecule has 1 aliphatic heterocycles. The quantitative estimate of drug-likeness (QED) is 0.417. The van der Waals surface area contributed by atoms with Gasteiger partial charge in [0.25, 0.3) is 11.4 Å². The lowest BCUT2D eigenvalue weighted by Gasteiger charge is -2.50.